The van der Waals surface area contributed by atoms with Gasteiger partial charge in [0.25, 0.3) is 0 Å². The minimum Gasteiger partial charge on any atom is -0.508 e. The zero-order valence-electron chi connectivity index (χ0n) is 16.5. The largest absolute Gasteiger partial charge is 0.508 e. The maximum atomic E-state index is 12.8. The Morgan fingerprint density at radius 3 is 2.56 bits per heavy atom. The predicted molar refractivity (Wildman–Crippen MR) is 104 cm³/mol. The van der Waals surface area contributed by atoms with Gasteiger partial charge in [-0.05, 0) is 56.3 Å². The van der Waals surface area contributed by atoms with Crippen molar-refractivity contribution in [3.63, 3.8) is 0 Å². The Labute approximate surface area is 161 Å². The lowest BCUT2D eigenvalue weighted by Gasteiger charge is -2.38. The maximum Gasteiger partial charge on any atom is 0.236 e. The highest BCUT2D eigenvalue weighted by atomic mass is 16.3. The molecule has 0 saturated carbocycles. The average Bonchev–Trinajstić information content (AvgIpc) is 2.86. The third-order valence-corrected chi connectivity index (χ3v) is 6.10. The Morgan fingerprint density at radius 2 is 1.85 bits per heavy atom. The molecule has 1 atom stereocenters. The van der Waals surface area contributed by atoms with Gasteiger partial charge >= 0.3 is 0 Å². The topological polar surface area (TPSA) is 64.1 Å². The van der Waals surface area contributed by atoms with Crippen molar-refractivity contribution in [3.8, 4) is 5.75 Å². The summed E-state index contributed by atoms with van der Waals surface area (Å²) in [6, 6.07) is 6.92. The van der Waals surface area contributed by atoms with E-state index in [2.05, 4.69) is 4.90 Å². The summed E-state index contributed by atoms with van der Waals surface area (Å²) in [5.74, 6) is 0.464. The summed E-state index contributed by atoms with van der Waals surface area (Å²) >= 11 is 0. The lowest BCUT2D eigenvalue weighted by molar-refractivity contribution is -0.132. The molecule has 2 aliphatic rings. The van der Waals surface area contributed by atoms with Gasteiger partial charge in [-0.2, -0.15) is 0 Å². The highest BCUT2D eigenvalue weighted by Crippen LogP contribution is 2.38. The summed E-state index contributed by atoms with van der Waals surface area (Å²) in [4.78, 5) is 30.9. The molecule has 1 spiro atoms. The van der Waals surface area contributed by atoms with E-state index in [4.69, 9.17) is 0 Å². The van der Waals surface area contributed by atoms with Gasteiger partial charge in [0.2, 0.25) is 11.8 Å². The van der Waals surface area contributed by atoms with Gasteiger partial charge in [-0.25, -0.2) is 0 Å². The number of likely N-dealkylation sites (N-methyl/N-ethyl adjacent to an activating group) is 1. The number of benzene rings is 1. The molecule has 27 heavy (non-hydrogen) atoms. The molecule has 0 radical (unpaired) electrons. The van der Waals surface area contributed by atoms with E-state index in [1.54, 1.807) is 37.2 Å². The van der Waals surface area contributed by atoms with Crippen LogP contribution in [0.15, 0.2) is 24.3 Å². The average molecular weight is 373 g/mol. The predicted octanol–water partition coefficient (Wildman–Crippen LogP) is 1.87. The number of phenols is 1. The summed E-state index contributed by atoms with van der Waals surface area (Å²) < 4.78 is 0. The van der Waals surface area contributed by atoms with E-state index in [0.717, 1.165) is 57.3 Å². The van der Waals surface area contributed by atoms with Gasteiger partial charge in [0.15, 0.2) is 0 Å². The van der Waals surface area contributed by atoms with Crippen molar-refractivity contribution in [1.29, 1.82) is 0 Å². The van der Waals surface area contributed by atoms with E-state index in [1.807, 2.05) is 11.0 Å². The second-order valence-electron chi connectivity index (χ2n) is 8.12. The molecule has 1 N–H and O–H groups in total. The van der Waals surface area contributed by atoms with Crippen molar-refractivity contribution in [2.75, 3.05) is 40.3 Å². The van der Waals surface area contributed by atoms with Gasteiger partial charge in [-0.15, -0.1) is 0 Å². The lowest BCUT2D eigenvalue weighted by Crippen LogP contribution is -2.48. The highest BCUT2D eigenvalue weighted by Gasteiger charge is 2.42. The Morgan fingerprint density at radius 1 is 1.11 bits per heavy atom. The first-order chi connectivity index (χ1) is 12.9. The van der Waals surface area contributed by atoms with Crippen LogP contribution < -0.4 is 0 Å². The fraction of sp³-hybridized carbons (Fsp3) is 0.619. The van der Waals surface area contributed by atoms with Crippen LogP contribution >= 0.6 is 0 Å². The number of amides is 2. The van der Waals surface area contributed by atoms with Crippen LogP contribution in [0.4, 0.5) is 0 Å². The van der Waals surface area contributed by atoms with Gasteiger partial charge in [-0.1, -0.05) is 12.1 Å². The van der Waals surface area contributed by atoms with E-state index < -0.39 is 0 Å². The molecule has 1 aromatic rings. The molecule has 0 aliphatic carbocycles. The first-order valence-electron chi connectivity index (χ1n) is 9.90. The molecule has 148 valence electrons. The van der Waals surface area contributed by atoms with Gasteiger partial charge in [-0.3, -0.25) is 14.5 Å². The first-order valence-corrected chi connectivity index (χ1v) is 9.90. The standard InChI is InChI=1S/C21H31N3O3/c1-22(2)20(27)16-24-12-5-9-21(24)8-4-11-23(13-10-21)19(26)15-17-6-3-7-18(25)14-17/h3,6-7,14,25H,4-5,8-13,15-16H2,1-2H3/t21-/m1/s1. The molecular weight excluding hydrogens is 342 g/mol. The number of likely N-dealkylation sites (tertiary alicyclic amines) is 2. The molecule has 0 aromatic heterocycles. The quantitative estimate of drug-likeness (QED) is 0.875. The third-order valence-electron chi connectivity index (χ3n) is 6.10. The van der Waals surface area contributed by atoms with Crippen LogP contribution in [-0.2, 0) is 16.0 Å². The SMILES string of the molecule is CN(C)C(=O)CN1CCC[C@@]12CCCN(C(=O)Cc1cccc(O)c1)CC2. The van der Waals surface area contributed by atoms with E-state index in [-0.39, 0.29) is 23.1 Å². The van der Waals surface area contributed by atoms with Gasteiger partial charge in [0.1, 0.15) is 5.75 Å². The van der Waals surface area contributed by atoms with Crippen LogP contribution in [0.3, 0.4) is 0 Å². The monoisotopic (exact) mass is 373 g/mol. The smallest absolute Gasteiger partial charge is 0.236 e. The normalized spacial score (nSPS) is 23.4. The molecule has 6 nitrogen and oxygen atoms in total. The number of hydrogen-bond donors (Lipinski definition) is 1. The van der Waals surface area contributed by atoms with Crippen LogP contribution in [0.25, 0.3) is 0 Å². The fourth-order valence-corrected chi connectivity index (χ4v) is 4.49. The van der Waals surface area contributed by atoms with Crippen molar-refractivity contribution < 1.29 is 14.7 Å². The molecular formula is C21H31N3O3. The molecule has 2 aliphatic heterocycles. The van der Waals surface area contributed by atoms with Crippen molar-refractivity contribution in [2.24, 2.45) is 0 Å². The fourth-order valence-electron chi connectivity index (χ4n) is 4.49. The number of phenolic OH excluding ortho intramolecular Hbond substituents is 1. The minimum absolute atomic E-state index is 0.0612. The molecule has 2 heterocycles. The van der Waals surface area contributed by atoms with E-state index >= 15 is 0 Å². The Balaban J connectivity index is 1.62. The molecule has 0 unspecified atom stereocenters. The van der Waals surface area contributed by atoms with Crippen molar-refractivity contribution in [1.82, 2.24) is 14.7 Å². The summed E-state index contributed by atoms with van der Waals surface area (Å²) in [7, 11) is 3.61. The zero-order chi connectivity index (χ0) is 19.4. The van der Waals surface area contributed by atoms with E-state index in [0.29, 0.717) is 13.0 Å². The number of carbonyl (C=O) groups excluding carboxylic acids is 2. The summed E-state index contributed by atoms with van der Waals surface area (Å²) in [6.07, 6.45) is 5.51. The first kappa shape index (κ1) is 19.7. The number of nitrogens with zero attached hydrogens (tertiary/aromatic N) is 3. The highest BCUT2D eigenvalue weighted by molar-refractivity contribution is 5.79. The third kappa shape index (κ3) is 4.61. The minimum atomic E-state index is 0.0612. The molecule has 0 bridgehead atoms. The van der Waals surface area contributed by atoms with Crippen molar-refractivity contribution >= 4 is 11.8 Å². The molecule has 2 amide bonds. The second-order valence-corrected chi connectivity index (χ2v) is 8.12. The summed E-state index contributed by atoms with van der Waals surface area (Å²) in [5.41, 5.74) is 0.907. The molecule has 1 aromatic carbocycles. The number of rotatable bonds is 4. The van der Waals surface area contributed by atoms with Crippen LogP contribution in [0.1, 0.15) is 37.7 Å². The van der Waals surface area contributed by atoms with Crippen LogP contribution in [0, 0.1) is 0 Å². The number of aromatic hydroxyl groups is 1. The van der Waals surface area contributed by atoms with Gasteiger partial charge in [0.05, 0.1) is 13.0 Å². The Bertz CT molecular complexity index is 691. The maximum absolute atomic E-state index is 12.8. The van der Waals surface area contributed by atoms with Crippen molar-refractivity contribution in [2.45, 2.75) is 44.1 Å². The number of carbonyl (C=O) groups is 2. The van der Waals surface area contributed by atoms with Gasteiger partial charge in [0, 0.05) is 32.7 Å². The van der Waals surface area contributed by atoms with Crippen molar-refractivity contribution in [3.05, 3.63) is 29.8 Å². The number of hydrogen-bond acceptors (Lipinski definition) is 4. The van der Waals surface area contributed by atoms with Crippen LogP contribution in [-0.4, -0.2) is 77.4 Å². The van der Waals surface area contributed by atoms with E-state index in [1.165, 1.54) is 0 Å². The lowest BCUT2D eigenvalue weighted by atomic mass is 9.87. The van der Waals surface area contributed by atoms with Crippen LogP contribution in [0.2, 0.25) is 0 Å². The molecule has 2 fully saturated rings. The molecule has 6 heteroatoms. The van der Waals surface area contributed by atoms with Gasteiger partial charge < -0.3 is 14.9 Å². The zero-order valence-corrected chi connectivity index (χ0v) is 16.5. The molecule has 3 rings (SSSR count). The summed E-state index contributed by atoms with van der Waals surface area (Å²) in [5, 5.41) is 9.60. The summed E-state index contributed by atoms with van der Waals surface area (Å²) in [6.45, 7) is 2.96. The Kier molecular flexibility index (Phi) is 6.05. The molecule has 2 saturated heterocycles. The Hall–Kier alpha value is -2.08. The van der Waals surface area contributed by atoms with E-state index in [9.17, 15) is 14.7 Å². The second kappa shape index (κ2) is 8.30. The van der Waals surface area contributed by atoms with Crippen LogP contribution in [0.5, 0.6) is 5.75 Å².